The number of esters is 1. The maximum Gasteiger partial charge on any atom is 0.310 e. The molecule has 7 atom stereocenters. The quantitative estimate of drug-likeness (QED) is 0.218. The standard InChI is InChI=1S/C30H39N5O5S/c1-5-8-11-15-40-29(39)24-23-16-19(4)30(41-23)25(24)27(37)35(20(7-3)17-36)26(30)28(38)33(14-6-2)18-34-22-13-10-9-12-21(22)31-32-34/h5-6,9-10,12-13,19-20,23-26,36H,1-2,7-8,11,14-18H2,3-4H3/t19?,20-,23-,24+,25-,26?,30?/m0/s1. The number of aromatic nitrogens is 3. The van der Waals surface area contributed by atoms with Gasteiger partial charge >= 0.3 is 5.97 Å². The van der Waals surface area contributed by atoms with Crippen LogP contribution in [0.25, 0.3) is 11.0 Å². The van der Waals surface area contributed by atoms with Gasteiger partial charge in [-0.05, 0) is 43.7 Å². The summed E-state index contributed by atoms with van der Waals surface area (Å²) in [5.74, 6) is -2.18. The molecule has 3 saturated heterocycles. The highest BCUT2D eigenvalue weighted by Gasteiger charge is 2.77. The zero-order valence-corrected chi connectivity index (χ0v) is 24.5. The molecule has 1 aromatic heterocycles. The van der Waals surface area contributed by atoms with Gasteiger partial charge in [0.15, 0.2) is 0 Å². The number of fused-ring (bicyclic) bond motifs is 2. The average Bonchev–Trinajstić information content (AvgIpc) is 3.69. The number of hydrogen-bond donors (Lipinski definition) is 1. The molecule has 1 N–H and O–H groups in total. The van der Waals surface area contributed by atoms with Gasteiger partial charge < -0.3 is 19.6 Å². The van der Waals surface area contributed by atoms with Gasteiger partial charge in [0.25, 0.3) is 0 Å². The van der Waals surface area contributed by atoms with E-state index in [2.05, 4.69) is 30.4 Å². The van der Waals surface area contributed by atoms with Crippen molar-refractivity contribution >= 4 is 40.6 Å². The second-order valence-electron chi connectivity index (χ2n) is 11.2. The molecule has 0 radical (unpaired) electrons. The molecule has 41 heavy (non-hydrogen) atoms. The Morgan fingerprint density at radius 3 is 2.80 bits per heavy atom. The summed E-state index contributed by atoms with van der Waals surface area (Å²) in [6.07, 6.45) is 6.03. The lowest BCUT2D eigenvalue weighted by atomic mass is 9.66. The third-order valence-corrected chi connectivity index (χ3v) is 11.0. The molecule has 2 bridgehead atoms. The molecule has 1 aromatic carbocycles. The van der Waals surface area contributed by atoms with E-state index in [0.29, 0.717) is 24.8 Å². The van der Waals surface area contributed by atoms with Crippen LogP contribution in [-0.4, -0.2) is 89.5 Å². The third-order valence-electron chi connectivity index (χ3n) is 8.95. The van der Waals surface area contributed by atoms with Crippen LogP contribution < -0.4 is 0 Å². The fourth-order valence-electron chi connectivity index (χ4n) is 7.04. The van der Waals surface area contributed by atoms with Crippen molar-refractivity contribution in [3.05, 3.63) is 49.6 Å². The van der Waals surface area contributed by atoms with Gasteiger partial charge in [-0.3, -0.25) is 14.4 Å². The van der Waals surface area contributed by atoms with Crippen LogP contribution in [0.3, 0.4) is 0 Å². The second-order valence-corrected chi connectivity index (χ2v) is 12.8. The van der Waals surface area contributed by atoms with E-state index in [1.54, 1.807) is 38.4 Å². The second kappa shape index (κ2) is 12.0. The van der Waals surface area contributed by atoms with Gasteiger partial charge in [-0.2, -0.15) is 0 Å². The van der Waals surface area contributed by atoms with E-state index in [0.717, 1.165) is 11.9 Å². The molecule has 0 aliphatic carbocycles. The Bertz CT molecular complexity index is 1330. The molecule has 4 heterocycles. The number of likely N-dealkylation sites (tertiary alicyclic amines) is 1. The fraction of sp³-hybridized carbons (Fsp3) is 0.567. The maximum absolute atomic E-state index is 14.7. The summed E-state index contributed by atoms with van der Waals surface area (Å²) in [5.41, 5.74) is 1.50. The fourth-order valence-corrected chi connectivity index (χ4v) is 9.43. The Kier molecular flexibility index (Phi) is 8.56. The lowest BCUT2D eigenvalue weighted by molar-refractivity contribution is -0.155. The SMILES string of the molecule is C=CCCCOC(=O)[C@@H]1[C@@H]2CC(C)C3(S2)C(C(=O)N(CC=C)Cn2nnc4ccccc42)N([C@@H](CC)CO)C(=O)[C@H]13. The zero-order valence-electron chi connectivity index (χ0n) is 23.7. The molecular formula is C30H39N5O5S. The van der Waals surface area contributed by atoms with E-state index >= 15 is 0 Å². The first-order valence-corrected chi connectivity index (χ1v) is 15.3. The molecule has 10 nitrogen and oxygen atoms in total. The number of amides is 2. The number of rotatable bonds is 13. The zero-order chi connectivity index (χ0) is 29.3. The van der Waals surface area contributed by atoms with Crippen molar-refractivity contribution in [3.63, 3.8) is 0 Å². The Balaban J connectivity index is 1.52. The van der Waals surface area contributed by atoms with Crippen LogP contribution in [0.4, 0.5) is 0 Å². The molecule has 3 unspecified atom stereocenters. The Morgan fingerprint density at radius 2 is 2.10 bits per heavy atom. The normalized spacial score (nSPS) is 29.0. The number of aliphatic hydroxyl groups is 1. The van der Waals surface area contributed by atoms with Crippen LogP contribution in [0.15, 0.2) is 49.6 Å². The van der Waals surface area contributed by atoms with Gasteiger partial charge in [0.2, 0.25) is 11.8 Å². The molecule has 3 fully saturated rings. The van der Waals surface area contributed by atoms with E-state index in [1.807, 2.05) is 31.2 Å². The molecule has 5 rings (SSSR count). The van der Waals surface area contributed by atoms with Crippen LogP contribution in [0, 0.1) is 17.8 Å². The Labute approximate surface area is 244 Å². The van der Waals surface area contributed by atoms with Crippen LogP contribution in [0.1, 0.15) is 39.5 Å². The van der Waals surface area contributed by atoms with Crippen molar-refractivity contribution in [3.8, 4) is 0 Å². The van der Waals surface area contributed by atoms with Gasteiger partial charge in [-0.15, -0.1) is 30.0 Å². The molecule has 2 aromatic rings. The molecule has 11 heteroatoms. The number of hydrogen-bond acceptors (Lipinski definition) is 8. The monoisotopic (exact) mass is 581 g/mol. The van der Waals surface area contributed by atoms with Crippen molar-refractivity contribution in [2.45, 2.75) is 68.3 Å². The first kappa shape index (κ1) is 29.3. The molecule has 220 valence electrons. The number of thioether (sulfide) groups is 1. The summed E-state index contributed by atoms with van der Waals surface area (Å²) in [6, 6.07) is 6.12. The van der Waals surface area contributed by atoms with E-state index < -0.39 is 28.7 Å². The van der Waals surface area contributed by atoms with Crippen LogP contribution in [-0.2, 0) is 25.8 Å². The number of aliphatic hydroxyl groups excluding tert-OH is 1. The molecule has 2 amide bonds. The predicted molar refractivity (Wildman–Crippen MR) is 156 cm³/mol. The summed E-state index contributed by atoms with van der Waals surface area (Å²) >= 11 is 1.60. The van der Waals surface area contributed by atoms with Gasteiger partial charge in [0.1, 0.15) is 18.2 Å². The summed E-state index contributed by atoms with van der Waals surface area (Å²) < 4.78 is 6.52. The van der Waals surface area contributed by atoms with Gasteiger partial charge in [0, 0.05) is 11.8 Å². The first-order valence-electron chi connectivity index (χ1n) is 14.4. The van der Waals surface area contributed by atoms with Crippen molar-refractivity contribution in [2.24, 2.45) is 17.8 Å². The number of ether oxygens (including phenoxy) is 1. The minimum Gasteiger partial charge on any atom is -0.465 e. The largest absolute Gasteiger partial charge is 0.465 e. The first-order chi connectivity index (χ1) is 19.8. The lowest BCUT2D eigenvalue weighted by Crippen LogP contribution is -2.59. The predicted octanol–water partition coefficient (Wildman–Crippen LogP) is 3.02. The summed E-state index contributed by atoms with van der Waals surface area (Å²) in [7, 11) is 0. The number of carbonyl (C=O) groups excluding carboxylic acids is 3. The Morgan fingerprint density at radius 1 is 1.32 bits per heavy atom. The topological polar surface area (TPSA) is 118 Å². The van der Waals surface area contributed by atoms with Crippen molar-refractivity contribution in [1.29, 1.82) is 0 Å². The van der Waals surface area contributed by atoms with Gasteiger partial charge in [-0.25, -0.2) is 4.68 Å². The van der Waals surface area contributed by atoms with Crippen molar-refractivity contribution in [1.82, 2.24) is 24.8 Å². The smallest absolute Gasteiger partial charge is 0.310 e. The summed E-state index contributed by atoms with van der Waals surface area (Å²) in [4.78, 5) is 45.7. The number of benzene rings is 1. The number of carbonyl (C=O) groups is 3. The average molecular weight is 582 g/mol. The minimum absolute atomic E-state index is 0.00389. The number of nitrogens with zero attached hydrogens (tertiary/aromatic N) is 5. The summed E-state index contributed by atoms with van der Waals surface area (Å²) in [5, 5.41) is 18.7. The highest BCUT2D eigenvalue weighted by atomic mass is 32.2. The third kappa shape index (κ3) is 4.76. The highest BCUT2D eigenvalue weighted by Crippen LogP contribution is 2.69. The van der Waals surface area contributed by atoms with Gasteiger partial charge in [-0.1, -0.05) is 43.3 Å². The van der Waals surface area contributed by atoms with Crippen LogP contribution in [0.2, 0.25) is 0 Å². The molecule has 1 spiro atoms. The molecular weight excluding hydrogens is 542 g/mol. The minimum atomic E-state index is -0.851. The molecule has 3 aliphatic rings. The number of allylic oxidation sites excluding steroid dienone is 1. The van der Waals surface area contributed by atoms with E-state index in [9.17, 15) is 19.5 Å². The number of para-hydroxylation sites is 1. The lowest BCUT2D eigenvalue weighted by Gasteiger charge is -2.41. The Hall–Kier alpha value is -3.18. The molecule has 3 aliphatic heterocycles. The van der Waals surface area contributed by atoms with E-state index in [4.69, 9.17) is 4.74 Å². The highest BCUT2D eigenvalue weighted by molar-refractivity contribution is 8.02. The van der Waals surface area contributed by atoms with Crippen molar-refractivity contribution < 1.29 is 24.2 Å². The number of unbranched alkanes of at least 4 members (excludes halogenated alkanes) is 1. The van der Waals surface area contributed by atoms with Crippen molar-refractivity contribution in [2.75, 3.05) is 19.8 Å². The van der Waals surface area contributed by atoms with E-state index in [1.165, 1.54) is 0 Å². The van der Waals surface area contributed by atoms with Crippen LogP contribution >= 0.6 is 11.8 Å². The summed E-state index contributed by atoms with van der Waals surface area (Å²) in [6.45, 7) is 11.9. The van der Waals surface area contributed by atoms with E-state index in [-0.39, 0.29) is 55.4 Å². The van der Waals surface area contributed by atoms with Crippen LogP contribution in [0.5, 0.6) is 0 Å². The van der Waals surface area contributed by atoms with Gasteiger partial charge in [0.05, 0.1) is 41.4 Å². The maximum atomic E-state index is 14.7. The molecule has 0 saturated carbocycles.